The Labute approximate surface area is 118 Å². The third-order valence-corrected chi connectivity index (χ3v) is 5.10. The minimum Gasteiger partial charge on any atom is -0.309 e. The van der Waals surface area contributed by atoms with Gasteiger partial charge in [-0.1, -0.05) is 41.9 Å². The molecule has 1 atom stereocenters. The lowest BCUT2D eigenvalue weighted by atomic mass is 10.1. The fraction of sp³-hybridized carbons (Fsp3) is 0.538. The zero-order chi connectivity index (χ0) is 13.6. The van der Waals surface area contributed by atoms with Gasteiger partial charge in [-0.3, -0.25) is 0 Å². The molecule has 0 saturated heterocycles. The molecule has 0 aliphatic heterocycles. The molecule has 5 heteroatoms. The fourth-order valence-electron chi connectivity index (χ4n) is 1.75. The molecule has 1 unspecified atom stereocenters. The van der Waals surface area contributed by atoms with E-state index in [1.807, 2.05) is 12.1 Å². The molecular weight excluding hydrogens is 314 g/mol. The highest BCUT2D eigenvalue weighted by Gasteiger charge is 2.11. The van der Waals surface area contributed by atoms with E-state index in [2.05, 4.69) is 40.3 Å². The van der Waals surface area contributed by atoms with E-state index in [-0.39, 0.29) is 17.5 Å². The van der Waals surface area contributed by atoms with Crippen LogP contribution in [0.2, 0.25) is 0 Å². The third-order valence-electron chi connectivity index (χ3n) is 2.90. The van der Waals surface area contributed by atoms with Crippen LogP contribution in [0.4, 0.5) is 0 Å². The van der Waals surface area contributed by atoms with Gasteiger partial charge in [-0.15, -0.1) is 0 Å². The number of benzene rings is 1. The smallest absolute Gasteiger partial charge is 0.151 e. The summed E-state index contributed by atoms with van der Waals surface area (Å²) >= 11 is 3.45. The molecule has 1 aromatic rings. The van der Waals surface area contributed by atoms with Gasteiger partial charge in [0.15, 0.2) is 9.84 Å². The van der Waals surface area contributed by atoms with Crippen molar-refractivity contribution in [1.82, 2.24) is 5.32 Å². The number of sulfone groups is 1. The summed E-state index contributed by atoms with van der Waals surface area (Å²) in [5, 5.41) is 3.30. The van der Waals surface area contributed by atoms with Crippen LogP contribution in [0.5, 0.6) is 0 Å². The van der Waals surface area contributed by atoms with Crippen LogP contribution in [0.3, 0.4) is 0 Å². The summed E-state index contributed by atoms with van der Waals surface area (Å²) < 4.78 is 23.9. The van der Waals surface area contributed by atoms with Crippen molar-refractivity contribution < 1.29 is 8.42 Å². The first kappa shape index (κ1) is 15.7. The summed E-state index contributed by atoms with van der Waals surface area (Å²) in [5.41, 5.74) is 1.18. The maximum Gasteiger partial charge on any atom is 0.151 e. The Kier molecular flexibility index (Phi) is 6.32. The van der Waals surface area contributed by atoms with Crippen molar-refractivity contribution in [3.63, 3.8) is 0 Å². The van der Waals surface area contributed by atoms with E-state index in [9.17, 15) is 8.42 Å². The van der Waals surface area contributed by atoms with E-state index in [0.717, 1.165) is 10.9 Å². The molecule has 0 bridgehead atoms. The van der Waals surface area contributed by atoms with Gasteiger partial charge in [0.05, 0.1) is 5.75 Å². The van der Waals surface area contributed by atoms with Gasteiger partial charge in [-0.25, -0.2) is 8.42 Å². The first-order valence-corrected chi connectivity index (χ1v) is 8.79. The lowest BCUT2D eigenvalue weighted by Gasteiger charge is -2.17. The topological polar surface area (TPSA) is 46.2 Å². The first-order valence-electron chi connectivity index (χ1n) is 6.17. The van der Waals surface area contributed by atoms with Gasteiger partial charge < -0.3 is 5.32 Å². The van der Waals surface area contributed by atoms with Gasteiger partial charge in [0.2, 0.25) is 0 Å². The van der Waals surface area contributed by atoms with E-state index in [0.29, 0.717) is 6.54 Å². The molecule has 0 saturated carbocycles. The van der Waals surface area contributed by atoms with Crippen LogP contribution in [0.25, 0.3) is 0 Å². The van der Waals surface area contributed by atoms with E-state index in [1.54, 1.807) is 6.92 Å². The van der Waals surface area contributed by atoms with Gasteiger partial charge in [-0.2, -0.15) is 0 Å². The quantitative estimate of drug-likeness (QED) is 0.834. The SMILES string of the molecule is CCC(NCCS(=O)(=O)CC)c1cccc(Br)c1. The summed E-state index contributed by atoms with van der Waals surface area (Å²) in [6, 6.07) is 8.30. The third kappa shape index (κ3) is 5.08. The van der Waals surface area contributed by atoms with Crippen LogP contribution in [-0.4, -0.2) is 26.5 Å². The van der Waals surface area contributed by atoms with Gasteiger partial charge in [-0.05, 0) is 24.1 Å². The molecule has 1 aromatic carbocycles. The molecule has 1 N–H and O–H groups in total. The molecule has 0 amide bonds. The van der Waals surface area contributed by atoms with Gasteiger partial charge in [0, 0.05) is 22.8 Å². The van der Waals surface area contributed by atoms with Gasteiger partial charge in [0.1, 0.15) is 0 Å². The molecule has 0 aliphatic rings. The zero-order valence-corrected chi connectivity index (χ0v) is 13.2. The minimum absolute atomic E-state index is 0.202. The molecule has 0 radical (unpaired) electrons. The summed E-state index contributed by atoms with van der Waals surface area (Å²) in [6.07, 6.45) is 0.933. The van der Waals surface area contributed by atoms with Crippen molar-refractivity contribution in [2.24, 2.45) is 0 Å². The Morgan fingerprint density at radius 1 is 1.33 bits per heavy atom. The van der Waals surface area contributed by atoms with E-state index < -0.39 is 9.84 Å². The van der Waals surface area contributed by atoms with E-state index >= 15 is 0 Å². The summed E-state index contributed by atoms with van der Waals surface area (Å²) in [5.74, 6) is 0.413. The minimum atomic E-state index is -2.89. The van der Waals surface area contributed by atoms with Crippen molar-refractivity contribution in [2.75, 3.05) is 18.1 Å². The van der Waals surface area contributed by atoms with Crippen LogP contribution in [-0.2, 0) is 9.84 Å². The number of halogens is 1. The number of nitrogens with one attached hydrogen (secondary N) is 1. The average Bonchev–Trinajstić information content (AvgIpc) is 2.34. The predicted molar refractivity (Wildman–Crippen MR) is 79.5 cm³/mol. The lowest BCUT2D eigenvalue weighted by molar-refractivity contribution is 0.531. The lowest BCUT2D eigenvalue weighted by Crippen LogP contribution is -2.27. The van der Waals surface area contributed by atoms with Gasteiger partial charge >= 0.3 is 0 Å². The van der Waals surface area contributed by atoms with Gasteiger partial charge in [0.25, 0.3) is 0 Å². The number of hydrogen-bond donors (Lipinski definition) is 1. The standard InChI is InChI=1S/C13H20BrNO2S/c1-3-13(11-6-5-7-12(14)10-11)15-8-9-18(16,17)4-2/h5-7,10,13,15H,3-4,8-9H2,1-2H3. The van der Waals surface area contributed by atoms with Crippen LogP contribution in [0.15, 0.2) is 28.7 Å². The van der Waals surface area contributed by atoms with Crippen molar-refractivity contribution in [3.05, 3.63) is 34.3 Å². The van der Waals surface area contributed by atoms with Crippen LogP contribution >= 0.6 is 15.9 Å². The maximum atomic E-state index is 11.4. The number of rotatable bonds is 7. The Morgan fingerprint density at radius 3 is 2.61 bits per heavy atom. The zero-order valence-electron chi connectivity index (χ0n) is 10.8. The molecule has 3 nitrogen and oxygen atoms in total. The summed E-state index contributed by atoms with van der Waals surface area (Å²) in [4.78, 5) is 0. The molecule has 102 valence electrons. The summed E-state index contributed by atoms with van der Waals surface area (Å²) in [7, 11) is -2.89. The average molecular weight is 334 g/mol. The maximum absolute atomic E-state index is 11.4. The Morgan fingerprint density at radius 2 is 2.06 bits per heavy atom. The highest BCUT2D eigenvalue weighted by molar-refractivity contribution is 9.10. The van der Waals surface area contributed by atoms with Crippen LogP contribution < -0.4 is 5.32 Å². The van der Waals surface area contributed by atoms with Crippen LogP contribution in [0, 0.1) is 0 Å². The van der Waals surface area contributed by atoms with Crippen molar-refractivity contribution >= 4 is 25.8 Å². The second-order valence-corrected chi connectivity index (χ2v) is 7.59. The Balaban J connectivity index is 2.58. The first-order chi connectivity index (χ1) is 8.48. The molecule has 0 heterocycles. The molecule has 0 aliphatic carbocycles. The van der Waals surface area contributed by atoms with Crippen molar-refractivity contribution in [1.29, 1.82) is 0 Å². The van der Waals surface area contributed by atoms with Crippen molar-refractivity contribution in [2.45, 2.75) is 26.3 Å². The molecule has 0 aromatic heterocycles. The van der Waals surface area contributed by atoms with E-state index in [1.165, 1.54) is 5.56 Å². The molecule has 18 heavy (non-hydrogen) atoms. The number of hydrogen-bond acceptors (Lipinski definition) is 3. The highest BCUT2D eigenvalue weighted by atomic mass is 79.9. The molecule has 0 fully saturated rings. The Bertz CT molecular complexity index is 474. The highest BCUT2D eigenvalue weighted by Crippen LogP contribution is 2.20. The molecule has 1 rings (SSSR count). The van der Waals surface area contributed by atoms with Crippen molar-refractivity contribution in [3.8, 4) is 0 Å². The van der Waals surface area contributed by atoms with E-state index in [4.69, 9.17) is 0 Å². The summed E-state index contributed by atoms with van der Waals surface area (Å²) in [6.45, 7) is 4.27. The Hall–Kier alpha value is -0.390. The monoisotopic (exact) mass is 333 g/mol. The predicted octanol–water partition coefficient (Wildman–Crippen LogP) is 2.92. The second-order valence-electron chi connectivity index (χ2n) is 4.21. The van der Waals surface area contributed by atoms with Crippen LogP contribution in [0.1, 0.15) is 31.9 Å². The molecular formula is C13H20BrNO2S. The largest absolute Gasteiger partial charge is 0.309 e. The normalized spacial score (nSPS) is 13.5. The molecule has 0 spiro atoms. The second kappa shape index (κ2) is 7.26. The fourth-order valence-corrected chi connectivity index (χ4v) is 2.89.